The van der Waals surface area contributed by atoms with Crippen LogP contribution in [0.5, 0.6) is 0 Å². The van der Waals surface area contributed by atoms with Crippen molar-refractivity contribution in [3.05, 3.63) is 71.2 Å². The van der Waals surface area contributed by atoms with E-state index in [1.54, 1.807) is 6.20 Å². The molecule has 1 saturated carbocycles. The van der Waals surface area contributed by atoms with Crippen LogP contribution in [-0.2, 0) is 0 Å². The lowest BCUT2D eigenvalue weighted by Gasteiger charge is -2.21. The summed E-state index contributed by atoms with van der Waals surface area (Å²) in [4.78, 5) is 4.27. The SMILES string of the molecule is C=C(C)Nc1cc(C(NCC2CC2)c2cccnc2)ccc1Cl. The van der Waals surface area contributed by atoms with Crippen molar-refractivity contribution in [1.29, 1.82) is 0 Å². The van der Waals surface area contributed by atoms with E-state index in [1.165, 1.54) is 18.4 Å². The molecule has 0 bridgehead atoms. The third kappa shape index (κ3) is 4.34. The summed E-state index contributed by atoms with van der Waals surface area (Å²) in [6.07, 6.45) is 6.38. The van der Waals surface area contributed by atoms with Crippen LogP contribution in [0, 0.1) is 5.92 Å². The summed E-state index contributed by atoms with van der Waals surface area (Å²) in [6, 6.07) is 10.3. The van der Waals surface area contributed by atoms with Crippen molar-refractivity contribution in [2.45, 2.75) is 25.8 Å². The van der Waals surface area contributed by atoms with Gasteiger partial charge in [-0.15, -0.1) is 0 Å². The maximum atomic E-state index is 6.29. The monoisotopic (exact) mass is 327 g/mol. The normalized spacial score (nSPS) is 15.2. The first-order valence-corrected chi connectivity index (χ1v) is 8.36. The van der Waals surface area contributed by atoms with Gasteiger partial charge in [0.05, 0.1) is 16.8 Å². The molecule has 2 aromatic rings. The van der Waals surface area contributed by atoms with Gasteiger partial charge < -0.3 is 10.6 Å². The van der Waals surface area contributed by atoms with E-state index in [2.05, 4.69) is 40.4 Å². The smallest absolute Gasteiger partial charge is 0.0641 e. The van der Waals surface area contributed by atoms with Crippen LogP contribution in [-0.4, -0.2) is 11.5 Å². The van der Waals surface area contributed by atoms with E-state index in [0.29, 0.717) is 5.02 Å². The Bertz CT molecular complexity index is 680. The molecule has 120 valence electrons. The molecule has 1 aromatic heterocycles. The van der Waals surface area contributed by atoms with E-state index >= 15 is 0 Å². The first-order chi connectivity index (χ1) is 11.1. The summed E-state index contributed by atoms with van der Waals surface area (Å²) >= 11 is 6.29. The zero-order valence-corrected chi connectivity index (χ0v) is 14.1. The highest BCUT2D eigenvalue weighted by Crippen LogP contribution is 2.32. The lowest BCUT2D eigenvalue weighted by atomic mass is 9.99. The van der Waals surface area contributed by atoms with Gasteiger partial charge in [0, 0.05) is 18.1 Å². The number of nitrogens with zero attached hydrogens (tertiary/aromatic N) is 1. The van der Waals surface area contributed by atoms with Crippen molar-refractivity contribution >= 4 is 17.3 Å². The number of pyridine rings is 1. The standard InChI is InChI=1S/C19H22ClN3/c1-13(2)23-18-10-15(7-8-17(18)20)19(22-11-14-5-6-14)16-4-3-9-21-12-16/h3-4,7-10,12,14,19,22-23H,1,5-6,11H2,2H3. The summed E-state index contributed by atoms with van der Waals surface area (Å²) in [6.45, 7) is 6.85. The summed E-state index contributed by atoms with van der Waals surface area (Å²) < 4.78 is 0. The Hall–Kier alpha value is -1.84. The number of rotatable bonds is 7. The lowest BCUT2D eigenvalue weighted by Crippen LogP contribution is -2.24. The highest BCUT2D eigenvalue weighted by Gasteiger charge is 2.23. The van der Waals surface area contributed by atoms with Crippen LogP contribution in [0.1, 0.15) is 36.9 Å². The molecule has 0 radical (unpaired) electrons. The van der Waals surface area contributed by atoms with E-state index in [1.807, 2.05) is 25.3 Å². The Kier molecular flexibility index (Phi) is 4.99. The summed E-state index contributed by atoms with van der Waals surface area (Å²) in [5, 5.41) is 7.61. The number of anilines is 1. The Morgan fingerprint density at radius 2 is 2.17 bits per heavy atom. The summed E-state index contributed by atoms with van der Waals surface area (Å²) in [7, 11) is 0. The van der Waals surface area contributed by atoms with E-state index in [-0.39, 0.29) is 6.04 Å². The molecule has 1 atom stereocenters. The predicted octanol–water partition coefficient (Wildman–Crippen LogP) is 4.77. The fourth-order valence-electron chi connectivity index (χ4n) is 2.63. The van der Waals surface area contributed by atoms with E-state index < -0.39 is 0 Å². The second kappa shape index (κ2) is 7.16. The molecular formula is C19H22ClN3. The lowest BCUT2D eigenvalue weighted by molar-refractivity contribution is 0.572. The number of halogens is 1. The molecule has 2 N–H and O–H groups in total. The van der Waals surface area contributed by atoms with Gasteiger partial charge >= 0.3 is 0 Å². The van der Waals surface area contributed by atoms with Gasteiger partial charge in [0.15, 0.2) is 0 Å². The van der Waals surface area contributed by atoms with Gasteiger partial charge in [0.2, 0.25) is 0 Å². The number of aromatic nitrogens is 1. The van der Waals surface area contributed by atoms with Gasteiger partial charge in [-0.2, -0.15) is 0 Å². The average molecular weight is 328 g/mol. The molecule has 23 heavy (non-hydrogen) atoms. The first-order valence-electron chi connectivity index (χ1n) is 7.99. The van der Waals surface area contributed by atoms with Crippen LogP contribution in [0.2, 0.25) is 5.02 Å². The molecule has 1 unspecified atom stereocenters. The molecule has 3 nitrogen and oxygen atoms in total. The molecule has 0 spiro atoms. The van der Waals surface area contributed by atoms with E-state index in [0.717, 1.165) is 29.4 Å². The topological polar surface area (TPSA) is 37.0 Å². The van der Waals surface area contributed by atoms with E-state index in [4.69, 9.17) is 11.6 Å². The van der Waals surface area contributed by atoms with Crippen LogP contribution in [0.4, 0.5) is 5.69 Å². The van der Waals surface area contributed by atoms with Crippen molar-refractivity contribution in [2.24, 2.45) is 5.92 Å². The van der Waals surface area contributed by atoms with Gasteiger partial charge in [0.1, 0.15) is 0 Å². The third-order valence-electron chi connectivity index (χ3n) is 4.00. The molecule has 1 aliphatic carbocycles. The highest BCUT2D eigenvalue weighted by molar-refractivity contribution is 6.33. The van der Waals surface area contributed by atoms with Crippen LogP contribution >= 0.6 is 11.6 Å². The number of benzene rings is 1. The minimum Gasteiger partial charge on any atom is -0.359 e. The Labute approximate surface area is 142 Å². The average Bonchev–Trinajstić information content (AvgIpc) is 3.35. The summed E-state index contributed by atoms with van der Waals surface area (Å²) in [5.41, 5.74) is 4.09. The van der Waals surface area contributed by atoms with Crippen molar-refractivity contribution in [1.82, 2.24) is 10.3 Å². The van der Waals surface area contributed by atoms with Crippen LogP contribution in [0.25, 0.3) is 0 Å². The minimum absolute atomic E-state index is 0.118. The highest BCUT2D eigenvalue weighted by atomic mass is 35.5. The fourth-order valence-corrected chi connectivity index (χ4v) is 2.79. The first kappa shape index (κ1) is 16.0. The van der Waals surface area contributed by atoms with Crippen molar-refractivity contribution in [3.63, 3.8) is 0 Å². The molecule has 1 aliphatic rings. The maximum Gasteiger partial charge on any atom is 0.0641 e. The molecule has 1 aromatic carbocycles. The Morgan fingerprint density at radius 3 is 2.83 bits per heavy atom. The van der Waals surface area contributed by atoms with Gasteiger partial charge in [-0.25, -0.2) is 0 Å². The molecular weight excluding hydrogens is 306 g/mol. The largest absolute Gasteiger partial charge is 0.359 e. The van der Waals surface area contributed by atoms with Crippen molar-refractivity contribution in [3.8, 4) is 0 Å². The third-order valence-corrected chi connectivity index (χ3v) is 4.33. The molecule has 0 aliphatic heterocycles. The molecule has 3 rings (SSSR count). The molecule has 0 saturated heterocycles. The second-order valence-corrected chi connectivity index (χ2v) is 6.62. The van der Waals surface area contributed by atoms with Gasteiger partial charge in [0.25, 0.3) is 0 Å². The molecule has 1 fully saturated rings. The van der Waals surface area contributed by atoms with Crippen molar-refractivity contribution < 1.29 is 0 Å². The van der Waals surface area contributed by atoms with Gasteiger partial charge in [-0.05, 0) is 61.6 Å². The maximum absolute atomic E-state index is 6.29. The zero-order chi connectivity index (χ0) is 16.2. The minimum atomic E-state index is 0.118. The van der Waals surface area contributed by atoms with Crippen LogP contribution in [0.3, 0.4) is 0 Å². The molecule has 0 amide bonds. The number of hydrogen-bond donors (Lipinski definition) is 2. The Morgan fingerprint density at radius 1 is 1.35 bits per heavy atom. The van der Waals surface area contributed by atoms with Crippen molar-refractivity contribution in [2.75, 3.05) is 11.9 Å². The number of allylic oxidation sites excluding steroid dienone is 1. The molecule has 4 heteroatoms. The van der Waals surface area contributed by atoms with E-state index in [9.17, 15) is 0 Å². The fraction of sp³-hybridized carbons (Fsp3) is 0.316. The number of hydrogen-bond acceptors (Lipinski definition) is 3. The molecule has 1 heterocycles. The van der Waals surface area contributed by atoms with Crippen LogP contribution < -0.4 is 10.6 Å². The zero-order valence-electron chi connectivity index (χ0n) is 13.3. The summed E-state index contributed by atoms with van der Waals surface area (Å²) in [5.74, 6) is 0.814. The Balaban J connectivity index is 1.90. The van der Waals surface area contributed by atoms with Gasteiger partial charge in [-0.3, -0.25) is 4.98 Å². The predicted molar refractivity (Wildman–Crippen MR) is 96.7 cm³/mol. The van der Waals surface area contributed by atoms with Crippen LogP contribution in [0.15, 0.2) is 55.0 Å². The second-order valence-electron chi connectivity index (χ2n) is 6.22. The quantitative estimate of drug-likeness (QED) is 0.769. The number of nitrogens with one attached hydrogen (secondary N) is 2. The van der Waals surface area contributed by atoms with Gasteiger partial charge in [-0.1, -0.05) is 30.3 Å².